The SMILES string of the molecule is COC(=O)[C@@]1(O)c2c(oc3cc(CO)cc(O)c3c2=O)[C@H]2[C@@H]1[C@H]1O[C@]2(c2c(O)cccc2O)c2c(O)cc(C)c(OCCC(C)(C)OC(C)=O)c21. The first kappa shape index (κ1) is 34.2. The number of rotatable bonds is 8. The van der Waals surface area contributed by atoms with Crippen molar-refractivity contribution >= 4 is 22.9 Å². The number of hydrogen-bond acceptors (Lipinski definition) is 14. The number of aliphatic hydroxyl groups excluding tert-OH is 1. The maximum Gasteiger partial charge on any atom is 0.343 e. The average molecular weight is 705 g/mol. The van der Waals surface area contributed by atoms with E-state index in [4.69, 9.17) is 23.4 Å². The number of aliphatic hydroxyl groups is 2. The van der Waals surface area contributed by atoms with E-state index in [9.17, 15) is 45.0 Å². The van der Waals surface area contributed by atoms with Crippen LogP contribution >= 0.6 is 0 Å². The third kappa shape index (κ3) is 4.56. The lowest BCUT2D eigenvalue weighted by molar-refractivity contribution is -0.172. The Hall–Kier alpha value is -5.31. The molecule has 2 aliphatic heterocycles. The van der Waals surface area contributed by atoms with Gasteiger partial charge in [0.15, 0.2) is 0 Å². The summed E-state index contributed by atoms with van der Waals surface area (Å²) in [7, 11) is 1.02. The van der Waals surface area contributed by atoms with Crippen LogP contribution in [0.5, 0.6) is 28.7 Å². The third-order valence-corrected chi connectivity index (χ3v) is 10.2. The fourth-order valence-corrected chi connectivity index (χ4v) is 8.39. The van der Waals surface area contributed by atoms with Crippen LogP contribution in [0.1, 0.15) is 78.4 Å². The Balaban J connectivity index is 1.55. The number of fused-ring (bicyclic) bond motifs is 11. The van der Waals surface area contributed by atoms with Gasteiger partial charge in [-0.15, -0.1) is 0 Å². The maximum absolute atomic E-state index is 14.4. The minimum Gasteiger partial charge on any atom is -0.508 e. The Bertz CT molecular complexity index is 2200. The topological polar surface area (TPSA) is 223 Å². The molecule has 4 aromatic rings. The zero-order valence-electron chi connectivity index (χ0n) is 28.3. The number of aromatic hydroxyl groups is 4. The molecule has 6 N–H and O–H groups in total. The smallest absolute Gasteiger partial charge is 0.343 e. The molecule has 1 fully saturated rings. The predicted molar refractivity (Wildman–Crippen MR) is 175 cm³/mol. The van der Waals surface area contributed by atoms with E-state index in [-0.39, 0.29) is 63.5 Å². The number of phenols is 4. The van der Waals surface area contributed by atoms with Crippen molar-refractivity contribution in [2.24, 2.45) is 5.92 Å². The van der Waals surface area contributed by atoms with Crippen molar-refractivity contribution in [3.63, 3.8) is 0 Å². The predicted octanol–water partition coefficient (Wildman–Crippen LogP) is 3.63. The second kappa shape index (κ2) is 11.4. The van der Waals surface area contributed by atoms with Crippen LogP contribution in [0.25, 0.3) is 11.0 Å². The number of benzene rings is 3. The number of esters is 2. The Labute approximate surface area is 290 Å². The number of hydrogen-bond donors (Lipinski definition) is 6. The minimum absolute atomic E-state index is 0.00657. The second-order valence-electron chi connectivity index (χ2n) is 13.8. The van der Waals surface area contributed by atoms with Gasteiger partial charge in [0.05, 0.1) is 43.5 Å². The molecule has 0 amide bonds. The molecule has 3 aliphatic rings. The Kier molecular flexibility index (Phi) is 7.60. The van der Waals surface area contributed by atoms with Gasteiger partial charge in [0.2, 0.25) is 11.0 Å². The maximum atomic E-state index is 14.4. The molecule has 2 bridgehead atoms. The highest BCUT2D eigenvalue weighted by molar-refractivity contribution is 5.90. The van der Waals surface area contributed by atoms with Crippen LogP contribution in [0.15, 0.2) is 45.6 Å². The number of methoxy groups -OCH3 is 1. The molecule has 5 atom stereocenters. The summed E-state index contributed by atoms with van der Waals surface area (Å²) in [5.74, 6) is -6.59. The van der Waals surface area contributed by atoms with Gasteiger partial charge < -0.3 is 54.0 Å². The molecule has 1 saturated heterocycles. The molecule has 1 aliphatic carbocycles. The van der Waals surface area contributed by atoms with Crippen molar-refractivity contribution in [1.29, 1.82) is 0 Å². The molecule has 14 heteroatoms. The summed E-state index contributed by atoms with van der Waals surface area (Å²) in [5, 5.41) is 67.5. The van der Waals surface area contributed by atoms with Gasteiger partial charge in [-0.1, -0.05) is 6.07 Å². The Morgan fingerprint density at radius 1 is 0.980 bits per heavy atom. The lowest BCUT2D eigenvalue weighted by Crippen LogP contribution is -2.47. The van der Waals surface area contributed by atoms with Crippen LogP contribution in [0, 0.1) is 12.8 Å². The number of phenolic OH excluding ortho intramolecular Hbond substituents is 4. The summed E-state index contributed by atoms with van der Waals surface area (Å²) in [5.41, 5.74) is -7.04. The summed E-state index contributed by atoms with van der Waals surface area (Å²) in [6, 6.07) is 7.79. The zero-order valence-corrected chi connectivity index (χ0v) is 28.3. The van der Waals surface area contributed by atoms with E-state index in [0.717, 1.165) is 13.2 Å². The lowest BCUT2D eigenvalue weighted by Gasteiger charge is -2.38. The molecule has 1 aromatic heterocycles. The fraction of sp³-hybridized carbons (Fsp3) is 0.378. The summed E-state index contributed by atoms with van der Waals surface area (Å²) < 4.78 is 29.8. The highest BCUT2D eigenvalue weighted by atomic mass is 16.6. The normalized spacial score (nSPS) is 24.3. The van der Waals surface area contributed by atoms with E-state index < -0.39 is 81.5 Å². The first-order valence-electron chi connectivity index (χ1n) is 16.2. The summed E-state index contributed by atoms with van der Waals surface area (Å²) >= 11 is 0. The van der Waals surface area contributed by atoms with E-state index in [1.807, 2.05) is 0 Å². The molecule has 0 saturated carbocycles. The Morgan fingerprint density at radius 3 is 2.29 bits per heavy atom. The highest BCUT2D eigenvalue weighted by Crippen LogP contribution is 2.77. The van der Waals surface area contributed by atoms with Gasteiger partial charge in [-0.25, -0.2) is 4.79 Å². The molecular formula is C37H36O14. The number of aryl methyl sites for hydroxylation is 1. The van der Waals surface area contributed by atoms with Gasteiger partial charge in [0.1, 0.15) is 56.7 Å². The standard InChI is InChI=1S/C37H36O14/c1-15-11-21(43)26-24(31(15)48-10-9-35(3,4)50-16(2)39)32-27-28(37(26,51-32)25-18(40)7-6-8-19(25)41)33-29(36(27,46)34(45)47-5)30(44)23-20(42)12-17(14-38)13-22(23)49-33/h6-8,11-13,27-28,32,38,40-43,46H,9-10,14H2,1-5H3/t27-,28-,32+,36+,37-/m1/s1. The van der Waals surface area contributed by atoms with Crippen molar-refractivity contribution in [3.05, 3.63) is 85.8 Å². The van der Waals surface area contributed by atoms with Crippen LogP contribution < -0.4 is 10.2 Å². The third-order valence-electron chi connectivity index (χ3n) is 10.2. The number of carbonyl (C=O) groups excluding carboxylic acids is 2. The van der Waals surface area contributed by atoms with E-state index in [0.29, 0.717) is 5.56 Å². The van der Waals surface area contributed by atoms with Gasteiger partial charge in [-0.2, -0.15) is 0 Å². The molecule has 0 spiro atoms. The van der Waals surface area contributed by atoms with Crippen molar-refractivity contribution < 1.29 is 63.6 Å². The van der Waals surface area contributed by atoms with Crippen molar-refractivity contribution in [2.45, 2.75) is 69.5 Å². The van der Waals surface area contributed by atoms with Crippen molar-refractivity contribution in [1.82, 2.24) is 0 Å². The van der Waals surface area contributed by atoms with Crippen LogP contribution in [0.4, 0.5) is 0 Å². The molecule has 7 rings (SSSR count). The molecule has 0 radical (unpaired) electrons. The first-order chi connectivity index (χ1) is 24.0. The second-order valence-corrected chi connectivity index (χ2v) is 13.8. The highest BCUT2D eigenvalue weighted by Gasteiger charge is 2.78. The average Bonchev–Trinajstić information content (AvgIpc) is 3.66. The quantitative estimate of drug-likeness (QED) is 0.144. The van der Waals surface area contributed by atoms with Crippen LogP contribution in [-0.4, -0.2) is 61.9 Å². The molecule has 0 unspecified atom stereocenters. The molecule has 51 heavy (non-hydrogen) atoms. The van der Waals surface area contributed by atoms with Crippen molar-refractivity contribution in [2.75, 3.05) is 13.7 Å². The van der Waals surface area contributed by atoms with Gasteiger partial charge in [0.25, 0.3) is 0 Å². The van der Waals surface area contributed by atoms with E-state index in [2.05, 4.69) is 0 Å². The fourth-order valence-electron chi connectivity index (χ4n) is 8.39. The molecular weight excluding hydrogens is 668 g/mol. The van der Waals surface area contributed by atoms with Gasteiger partial charge in [-0.05, 0) is 62.2 Å². The lowest BCUT2D eigenvalue weighted by atomic mass is 9.63. The molecule has 268 valence electrons. The van der Waals surface area contributed by atoms with E-state index in [1.165, 1.54) is 37.3 Å². The summed E-state index contributed by atoms with van der Waals surface area (Å²) in [4.78, 5) is 39.9. The van der Waals surface area contributed by atoms with Gasteiger partial charge in [0, 0.05) is 30.4 Å². The molecule has 3 heterocycles. The minimum atomic E-state index is -2.80. The van der Waals surface area contributed by atoms with Gasteiger partial charge in [-0.3, -0.25) is 9.59 Å². The first-order valence-corrected chi connectivity index (χ1v) is 16.2. The molecule has 3 aromatic carbocycles. The monoisotopic (exact) mass is 704 g/mol. The number of ether oxygens (including phenoxy) is 4. The van der Waals surface area contributed by atoms with Crippen molar-refractivity contribution in [3.8, 4) is 28.7 Å². The number of carbonyl (C=O) groups is 2. The largest absolute Gasteiger partial charge is 0.508 e. The van der Waals surface area contributed by atoms with Crippen LogP contribution in [0.2, 0.25) is 0 Å². The van der Waals surface area contributed by atoms with E-state index in [1.54, 1.807) is 20.8 Å². The van der Waals surface area contributed by atoms with Gasteiger partial charge >= 0.3 is 11.9 Å². The van der Waals surface area contributed by atoms with Crippen LogP contribution in [-0.2, 0) is 41.6 Å². The Morgan fingerprint density at radius 2 is 1.67 bits per heavy atom. The molecule has 14 nitrogen and oxygen atoms in total. The van der Waals surface area contributed by atoms with Crippen LogP contribution in [0.3, 0.4) is 0 Å². The zero-order chi connectivity index (χ0) is 36.9. The van der Waals surface area contributed by atoms with E-state index >= 15 is 0 Å². The summed E-state index contributed by atoms with van der Waals surface area (Å²) in [6.45, 7) is 5.82. The summed E-state index contributed by atoms with van der Waals surface area (Å²) in [6.07, 6.45) is -1.14.